The van der Waals surface area contributed by atoms with Crippen molar-refractivity contribution in [2.75, 3.05) is 0 Å². The third kappa shape index (κ3) is 2.48. The van der Waals surface area contributed by atoms with Gasteiger partial charge in [-0.15, -0.1) is 0 Å². The molecule has 3 atom stereocenters. The summed E-state index contributed by atoms with van der Waals surface area (Å²) < 4.78 is 25.5. The van der Waals surface area contributed by atoms with Gasteiger partial charge in [0.1, 0.15) is 6.29 Å². The van der Waals surface area contributed by atoms with Crippen LogP contribution < -0.4 is 0 Å². The van der Waals surface area contributed by atoms with Crippen molar-refractivity contribution in [3.8, 4) is 0 Å². The summed E-state index contributed by atoms with van der Waals surface area (Å²) in [7, 11) is -3.48. The Balaban J connectivity index is 1.95. The summed E-state index contributed by atoms with van der Waals surface area (Å²) >= 11 is 0. The predicted molar refractivity (Wildman–Crippen MR) is 85.6 cm³/mol. The summed E-state index contributed by atoms with van der Waals surface area (Å²) in [5.41, 5.74) is 3.05. The zero-order valence-corrected chi connectivity index (χ0v) is 13.4. The number of carbonyl (C=O) groups is 1. The SMILES string of the molecule is Cc1ccc([C@H]2[C@H](C=O)[C@@H]2S(=O)(=O)c2ccc(C)cc2)cc1. The molecule has 4 heteroatoms. The lowest BCUT2D eigenvalue weighted by atomic mass is 10.1. The maximum atomic E-state index is 12.8. The molecule has 1 aliphatic rings. The van der Waals surface area contributed by atoms with Crippen LogP contribution in [0.15, 0.2) is 53.4 Å². The fourth-order valence-electron chi connectivity index (χ4n) is 2.95. The van der Waals surface area contributed by atoms with Crippen molar-refractivity contribution >= 4 is 16.1 Å². The Hall–Kier alpha value is -1.94. The second-order valence-corrected chi connectivity index (χ2v) is 8.08. The summed E-state index contributed by atoms with van der Waals surface area (Å²) in [5, 5.41) is -0.643. The van der Waals surface area contributed by atoms with Gasteiger partial charge in [-0.25, -0.2) is 8.42 Å². The van der Waals surface area contributed by atoms with Gasteiger partial charge in [0.05, 0.1) is 10.1 Å². The molecule has 0 saturated heterocycles. The summed E-state index contributed by atoms with van der Waals surface area (Å²) in [6.45, 7) is 3.89. The molecule has 3 nitrogen and oxygen atoms in total. The van der Waals surface area contributed by atoms with Gasteiger partial charge in [0, 0.05) is 11.8 Å². The Morgan fingerprint density at radius 1 is 0.864 bits per heavy atom. The van der Waals surface area contributed by atoms with Crippen LogP contribution in [0.4, 0.5) is 0 Å². The fraction of sp³-hybridized carbons (Fsp3) is 0.278. The Kier molecular flexibility index (Phi) is 3.65. The van der Waals surface area contributed by atoms with Crippen LogP contribution in [0, 0.1) is 19.8 Å². The van der Waals surface area contributed by atoms with E-state index in [1.807, 2.05) is 38.1 Å². The van der Waals surface area contributed by atoms with Crippen LogP contribution in [0.1, 0.15) is 22.6 Å². The van der Waals surface area contributed by atoms with Crippen LogP contribution in [0.3, 0.4) is 0 Å². The lowest BCUT2D eigenvalue weighted by Crippen LogP contribution is -2.11. The van der Waals surface area contributed by atoms with Gasteiger partial charge in [0.15, 0.2) is 9.84 Å². The molecule has 0 unspecified atom stereocenters. The molecule has 2 aromatic carbocycles. The van der Waals surface area contributed by atoms with Crippen molar-refractivity contribution in [3.63, 3.8) is 0 Å². The molecule has 0 radical (unpaired) electrons. The number of sulfone groups is 1. The maximum Gasteiger partial charge on any atom is 0.182 e. The average Bonchev–Trinajstić information content (AvgIpc) is 3.24. The molecule has 0 bridgehead atoms. The second kappa shape index (κ2) is 5.36. The first kappa shape index (κ1) is 15.0. The van der Waals surface area contributed by atoms with E-state index in [1.165, 1.54) is 0 Å². The van der Waals surface area contributed by atoms with E-state index in [2.05, 4.69) is 0 Å². The highest BCUT2D eigenvalue weighted by atomic mass is 32.2. The zero-order chi connectivity index (χ0) is 15.9. The van der Waals surface area contributed by atoms with Crippen LogP contribution in [0.2, 0.25) is 0 Å². The minimum Gasteiger partial charge on any atom is -0.303 e. The van der Waals surface area contributed by atoms with E-state index in [0.29, 0.717) is 4.90 Å². The smallest absolute Gasteiger partial charge is 0.182 e. The number of carbonyl (C=O) groups excluding carboxylic acids is 1. The summed E-state index contributed by atoms with van der Waals surface area (Å²) in [4.78, 5) is 11.6. The van der Waals surface area contributed by atoms with E-state index in [0.717, 1.165) is 23.0 Å². The lowest BCUT2D eigenvalue weighted by molar-refractivity contribution is -0.108. The van der Waals surface area contributed by atoms with E-state index in [1.54, 1.807) is 24.3 Å². The Morgan fingerprint density at radius 3 is 1.86 bits per heavy atom. The van der Waals surface area contributed by atoms with Gasteiger partial charge in [-0.3, -0.25) is 0 Å². The number of aldehydes is 1. The second-order valence-electron chi connectivity index (χ2n) is 5.97. The van der Waals surface area contributed by atoms with Crippen LogP contribution in [0.5, 0.6) is 0 Å². The molecular weight excluding hydrogens is 296 g/mol. The molecule has 0 spiro atoms. The minimum atomic E-state index is -3.48. The van der Waals surface area contributed by atoms with Gasteiger partial charge in [0.2, 0.25) is 0 Å². The van der Waals surface area contributed by atoms with Crippen LogP contribution >= 0.6 is 0 Å². The van der Waals surface area contributed by atoms with E-state index < -0.39 is 21.0 Å². The number of hydrogen-bond acceptors (Lipinski definition) is 3. The van der Waals surface area contributed by atoms with E-state index in [9.17, 15) is 13.2 Å². The molecule has 0 aliphatic heterocycles. The van der Waals surface area contributed by atoms with Gasteiger partial charge >= 0.3 is 0 Å². The van der Waals surface area contributed by atoms with Crippen molar-refractivity contribution < 1.29 is 13.2 Å². The van der Waals surface area contributed by atoms with Crippen LogP contribution in [-0.4, -0.2) is 20.0 Å². The van der Waals surface area contributed by atoms with Crippen molar-refractivity contribution in [3.05, 3.63) is 65.2 Å². The summed E-state index contributed by atoms with van der Waals surface area (Å²) in [6, 6.07) is 14.5. The number of benzene rings is 2. The van der Waals surface area contributed by atoms with Crippen molar-refractivity contribution in [2.24, 2.45) is 5.92 Å². The molecule has 1 saturated carbocycles. The molecule has 0 heterocycles. The zero-order valence-electron chi connectivity index (χ0n) is 12.6. The standard InChI is InChI=1S/C18H18O3S/c1-12-3-7-14(8-4-12)17-16(11-19)18(17)22(20,21)15-9-5-13(2)6-10-15/h3-11,16-18H,1-2H3/t16-,17-,18-/m0/s1. The summed E-state index contributed by atoms with van der Waals surface area (Å²) in [6.07, 6.45) is 0.779. The largest absolute Gasteiger partial charge is 0.303 e. The molecule has 0 aromatic heterocycles. The Morgan fingerprint density at radius 2 is 1.36 bits per heavy atom. The minimum absolute atomic E-state index is 0.232. The predicted octanol–water partition coefficient (Wildman–Crippen LogP) is 3.06. The molecule has 0 amide bonds. The van der Waals surface area contributed by atoms with Gasteiger partial charge < -0.3 is 4.79 Å². The molecule has 22 heavy (non-hydrogen) atoms. The Bertz CT molecular complexity index is 789. The first-order valence-corrected chi connectivity index (χ1v) is 8.82. The quantitative estimate of drug-likeness (QED) is 0.815. The third-order valence-electron chi connectivity index (χ3n) is 4.33. The van der Waals surface area contributed by atoms with E-state index in [-0.39, 0.29) is 5.92 Å². The highest BCUT2D eigenvalue weighted by Gasteiger charge is 2.58. The molecule has 0 N–H and O–H groups in total. The molecule has 3 rings (SSSR count). The molecule has 114 valence electrons. The highest BCUT2D eigenvalue weighted by Crippen LogP contribution is 2.52. The molecular formula is C18H18O3S. The fourth-order valence-corrected chi connectivity index (χ4v) is 5.06. The van der Waals surface area contributed by atoms with Crippen molar-refractivity contribution in [1.82, 2.24) is 0 Å². The van der Waals surface area contributed by atoms with E-state index in [4.69, 9.17) is 0 Å². The first-order valence-electron chi connectivity index (χ1n) is 7.27. The van der Waals surface area contributed by atoms with Gasteiger partial charge in [0.25, 0.3) is 0 Å². The average molecular weight is 314 g/mol. The van der Waals surface area contributed by atoms with Crippen LogP contribution in [0.25, 0.3) is 0 Å². The topological polar surface area (TPSA) is 51.2 Å². The highest BCUT2D eigenvalue weighted by molar-refractivity contribution is 7.92. The lowest BCUT2D eigenvalue weighted by Gasteiger charge is -2.05. The Labute approximate surface area is 130 Å². The first-order chi connectivity index (χ1) is 10.4. The number of hydrogen-bond donors (Lipinski definition) is 0. The monoisotopic (exact) mass is 314 g/mol. The van der Waals surface area contributed by atoms with Crippen LogP contribution in [-0.2, 0) is 14.6 Å². The third-order valence-corrected chi connectivity index (χ3v) is 6.59. The number of aryl methyl sites for hydroxylation is 2. The van der Waals surface area contributed by atoms with E-state index >= 15 is 0 Å². The maximum absolute atomic E-state index is 12.8. The van der Waals surface area contributed by atoms with Gasteiger partial charge in [-0.2, -0.15) is 0 Å². The normalized spacial score (nSPS) is 24.0. The van der Waals surface area contributed by atoms with Crippen molar-refractivity contribution in [2.45, 2.75) is 29.9 Å². The molecule has 1 fully saturated rings. The summed E-state index contributed by atoms with van der Waals surface area (Å²) in [5.74, 6) is -0.682. The molecule has 2 aromatic rings. The van der Waals surface area contributed by atoms with Gasteiger partial charge in [-0.1, -0.05) is 47.5 Å². The number of rotatable bonds is 4. The molecule has 1 aliphatic carbocycles. The van der Waals surface area contributed by atoms with Crippen molar-refractivity contribution in [1.29, 1.82) is 0 Å². The van der Waals surface area contributed by atoms with Gasteiger partial charge in [-0.05, 0) is 31.5 Å².